The number of thiol groups is 1. The number of hydrogen-bond acceptors (Lipinski definition) is 3. The van der Waals surface area contributed by atoms with E-state index in [9.17, 15) is 9.59 Å². The number of primary amides is 1. The number of rotatable bonds is 8. The SMILES string of the molecule is NC(=O)c1cccc(NC(=O)[CH]CCCCCS)c1. The summed E-state index contributed by atoms with van der Waals surface area (Å²) in [6.45, 7) is 0. The van der Waals surface area contributed by atoms with Crippen LogP contribution in [0, 0.1) is 6.42 Å². The number of amides is 2. The second-order valence-corrected chi connectivity index (χ2v) is 4.66. The van der Waals surface area contributed by atoms with Crippen LogP contribution in [0.4, 0.5) is 5.69 Å². The Morgan fingerprint density at radius 2 is 2.05 bits per heavy atom. The van der Waals surface area contributed by atoms with Crippen LogP contribution in [-0.2, 0) is 4.79 Å². The average molecular weight is 279 g/mol. The van der Waals surface area contributed by atoms with Crippen molar-refractivity contribution in [1.82, 2.24) is 0 Å². The van der Waals surface area contributed by atoms with Crippen LogP contribution in [0.1, 0.15) is 36.0 Å². The van der Waals surface area contributed by atoms with Crippen molar-refractivity contribution in [3.8, 4) is 0 Å². The molecule has 1 radical (unpaired) electrons. The number of carbonyl (C=O) groups is 2. The van der Waals surface area contributed by atoms with Crippen LogP contribution in [-0.4, -0.2) is 17.6 Å². The Morgan fingerprint density at radius 1 is 1.26 bits per heavy atom. The number of nitrogens with two attached hydrogens (primary N) is 1. The fourth-order valence-electron chi connectivity index (χ4n) is 1.61. The highest BCUT2D eigenvalue weighted by atomic mass is 32.1. The molecule has 4 nitrogen and oxygen atoms in total. The molecule has 1 rings (SSSR count). The maximum absolute atomic E-state index is 11.6. The van der Waals surface area contributed by atoms with Gasteiger partial charge in [0.1, 0.15) is 0 Å². The highest BCUT2D eigenvalue weighted by Gasteiger charge is 2.05. The minimum absolute atomic E-state index is 0.160. The minimum Gasteiger partial charge on any atom is -0.366 e. The molecule has 0 saturated heterocycles. The van der Waals surface area contributed by atoms with E-state index in [4.69, 9.17) is 5.73 Å². The van der Waals surface area contributed by atoms with E-state index in [0.717, 1.165) is 31.4 Å². The summed E-state index contributed by atoms with van der Waals surface area (Å²) in [5.74, 6) is 0.214. The molecule has 0 atom stereocenters. The van der Waals surface area contributed by atoms with Crippen molar-refractivity contribution in [2.75, 3.05) is 11.1 Å². The van der Waals surface area contributed by atoms with Gasteiger partial charge in [0.2, 0.25) is 11.8 Å². The van der Waals surface area contributed by atoms with Crippen molar-refractivity contribution in [1.29, 1.82) is 0 Å². The third kappa shape index (κ3) is 6.29. The topological polar surface area (TPSA) is 72.2 Å². The summed E-state index contributed by atoms with van der Waals surface area (Å²) in [4.78, 5) is 22.6. The molecule has 1 aromatic carbocycles. The molecule has 0 aromatic heterocycles. The zero-order valence-corrected chi connectivity index (χ0v) is 11.7. The number of benzene rings is 1. The molecule has 0 aliphatic heterocycles. The summed E-state index contributed by atoms with van der Waals surface area (Å²) in [5.41, 5.74) is 6.13. The lowest BCUT2D eigenvalue weighted by Crippen LogP contribution is -2.14. The monoisotopic (exact) mass is 279 g/mol. The van der Waals surface area contributed by atoms with Crippen LogP contribution >= 0.6 is 12.6 Å². The van der Waals surface area contributed by atoms with Crippen molar-refractivity contribution in [2.24, 2.45) is 5.73 Å². The van der Waals surface area contributed by atoms with Gasteiger partial charge in [-0.2, -0.15) is 12.6 Å². The zero-order valence-electron chi connectivity index (χ0n) is 10.8. The maximum atomic E-state index is 11.6. The Kier molecular flexibility index (Phi) is 7.03. The number of unbranched alkanes of at least 4 members (excludes halogenated alkanes) is 3. The molecule has 0 aliphatic rings. The van der Waals surface area contributed by atoms with Gasteiger partial charge in [0, 0.05) is 17.7 Å². The van der Waals surface area contributed by atoms with Gasteiger partial charge in [0.15, 0.2) is 0 Å². The van der Waals surface area contributed by atoms with Crippen LogP contribution in [0.5, 0.6) is 0 Å². The number of nitrogens with one attached hydrogen (secondary N) is 1. The molecule has 0 saturated carbocycles. The van der Waals surface area contributed by atoms with Gasteiger partial charge in [-0.25, -0.2) is 0 Å². The molecule has 3 N–H and O–H groups in total. The second kappa shape index (κ2) is 8.58. The molecule has 0 spiro atoms. The summed E-state index contributed by atoms with van der Waals surface area (Å²) < 4.78 is 0. The van der Waals surface area contributed by atoms with Gasteiger partial charge in [0.25, 0.3) is 0 Å². The lowest BCUT2D eigenvalue weighted by Gasteiger charge is -2.06. The summed E-state index contributed by atoms with van der Waals surface area (Å²) >= 11 is 4.13. The van der Waals surface area contributed by atoms with Crippen molar-refractivity contribution < 1.29 is 9.59 Å². The van der Waals surface area contributed by atoms with Gasteiger partial charge >= 0.3 is 0 Å². The molecule has 103 valence electrons. The van der Waals surface area contributed by atoms with E-state index in [2.05, 4.69) is 17.9 Å². The number of hydrogen-bond donors (Lipinski definition) is 3. The van der Waals surface area contributed by atoms with Crippen molar-refractivity contribution >= 4 is 30.1 Å². The summed E-state index contributed by atoms with van der Waals surface area (Å²) in [6.07, 6.45) is 5.49. The standard InChI is InChI=1S/C14H19N2O2S/c15-14(18)11-6-5-7-12(10-11)16-13(17)8-3-1-2-4-9-19/h5-8,10,19H,1-4,9H2,(H2,15,18)(H,16,17). The Labute approximate surface area is 119 Å². The highest BCUT2D eigenvalue weighted by Crippen LogP contribution is 2.11. The van der Waals surface area contributed by atoms with Gasteiger partial charge in [-0.1, -0.05) is 18.9 Å². The Morgan fingerprint density at radius 3 is 2.74 bits per heavy atom. The lowest BCUT2D eigenvalue weighted by atomic mass is 10.1. The third-order valence-electron chi connectivity index (χ3n) is 2.61. The second-order valence-electron chi connectivity index (χ2n) is 4.21. The predicted molar refractivity (Wildman–Crippen MR) is 80.2 cm³/mol. The first-order valence-corrected chi connectivity index (χ1v) is 6.91. The third-order valence-corrected chi connectivity index (χ3v) is 2.92. The van der Waals surface area contributed by atoms with Crippen molar-refractivity contribution in [3.63, 3.8) is 0 Å². The molecule has 0 aliphatic carbocycles. The summed E-state index contributed by atoms with van der Waals surface area (Å²) in [7, 11) is 0. The molecular weight excluding hydrogens is 260 g/mol. The molecule has 19 heavy (non-hydrogen) atoms. The molecule has 0 heterocycles. The lowest BCUT2D eigenvalue weighted by molar-refractivity contribution is -0.113. The molecule has 0 unspecified atom stereocenters. The van der Waals surface area contributed by atoms with E-state index in [0.29, 0.717) is 11.3 Å². The largest absolute Gasteiger partial charge is 0.366 e. The van der Waals surface area contributed by atoms with E-state index in [-0.39, 0.29) is 5.91 Å². The normalized spacial score (nSPS) is 10.2. The Bertz CT molecular complexity index is 435. The highest BCUT2D eigenvalue weighted by molar-refractivity contribution is 7.80. The van der Waals surface area contributed by atoms with Crippen molar-refractivity contribution in [3.05, 3.63) is 36.2 Å². The van der Waals surface area contributed by atoms with E-state index >= 15 is 0 Å². The smallest absolute Gasteiger partial charge is 0.248 e. The van der Waals surface area contributed by atoms with Gasteiger partial charge < -0.3 is 11.1 Å². The van der Waals surface area contributed by atoms with Gasteiger partial charge in [-0.15, -0.1) is 0 Å². The van der Waals surface area contributed by atoms with E-state index < -0.39 is 5.91 Å². The maximum Gasteiger partial charge on any atom is 0.248 e. The first-order chi connectivity index (χ1) is 9.13. The van der Waals surface area contributed by atoms with Crippen LogP contribution in [0.2, 0.25) is 0 Å². The average Bonchev–Trinajstić information content (AvgIpc) is 2.38. The quantitative estimate of drug-likeness (QED) is 0.505. The van der Waals surface area contributed by atoms with Crippen LogP contribution in [0.3, 0.4) is 0 Å². The van der Waals surface area contributed by atoms with E-state index in [1.54, 1.807) is 30.7 Å². The first kappa shape index (κ1) is 15.6. The fraction of sp³-hybridized carbons (Fsp3) is 0.357. The van der Waals surface area contributed by atoms with Gasteiger partial charge in [-0.3, -0.25) is 9.59 Å². The Hall–Kier alpha value is -1.49. The summed E-state index contributed by atoms with van der Waals surface area (Å²) in [5, 5.41) is 2.71. The van der Waals surface area contributed by atoms with Crippen molar-refractivity contribution in [2.45, 2.75) is 25.7 Å². The van der Waals surface area contributed by atoms with E-state index in [1.165, 1.54) is 0 Å². The fourth-order valence-corrected chi connectivity index (χ4v) is 1.83. The zero-order chi connectivity index (χ0) is 14.1. The van der Waals surface area contributed by atoms with Crippen LogP contribution in [0.25, 0.3) is 0 Å². The van der Waals surface area contributed by atoms with Gasteiger partial charge in [-0.05, 0) is 36.8 Å². The first-order valence-electron chi connectivity index (χ1n) is 6.28. The molecular formula is C14H19N2O2S. The number of carbonyl (C=O) groups excluding carboxylic acids is 2. The van der Waals surface area contributed by atoms with Crippen LogP contribution < -0.4 is 11.1 Å². The molecule has 1 aromatic rings. The summed E-state index contributed by atoms with van der Waals surface area (Å²) in [6, 6.07) is 6.58. The van der Waals surface area contributed by atoms with Crippen LogP contribution in [0.15, 0.2) is 24.3 Å². The molecule has 5 heteroatoms. The number of anilines is 1. The Balaban J connectivity index is 2.35. The molecule has 0 fully saturated rings. The molecule has 2 amide bonds. The minimum atomic E-state index is -0.508. The molecule has 0 bridgehead atoms. The predicted octanol–water partition coefficient (Wildman–Crippen LogP) is 2.42. The van der Waals surface area contributed by atoms with Gasteiger partial charge in [0.05, 0.1) is 0 Å². The van der Waals surface area contributed by atoms with E-state index in [1.807, 2.05) is 0 Å².